The summed E-state index contributed by atoms with van der Waals surface area (Å²) in [5.41, 5.74) is 2.72. The first-order chi connectivity index (χ1) is 17.1. The fraction of sp³-hybridized carbons (Fsp3) is 0.133. The third kappa shape index (κ3) is 5.58. The van der Waals surface area contributed by atoms with Crippen LogP contribution in [0.1, 0.15) is 22.7 Å². The standard InChI is InChI=1S/C30H27NO4/c1-2-21-35-25-16-14-24(15-17-25)28-27(26(32)18-13-22-9-5-3-6-10-22)29(33)30(34)31(28)20-19-23-11-7-4-8-12-23/h2-18,28,33H,1,19-21H2. The molecular weight excluding hydrogens is 438 g/mol. The van der Waals surface area contributed by atoms with Crippen molar-refractivity contribution in [3.8, 4) is 5.75 Å². The first kappa shape index (κ1) is 23.8. The Morgan fingerprint density at radius 2 is 1.63 bits per heavy atom. The molecule has 1 atom stereocenters. The van der Waals surface area contributed by atoms with E-state index in [0.29, 0.717) is 25.3 Å². The molecule has 176 valence electrons. The summed E-state index contributed by atoms with van der Waals surface area (Å²) in [5, 5.41) is 10.8. The zero-order valence-corrected chi connectivity index (χ0v) is 19.3. The van der Waals surface area contributed by atoms with Crippen LogP contribution in [0.4, 0.5) is 0 Å². The molecular formula is C30H27NO4. The van der Waals surface area contributed by atoms with Crippen LogP contribution in [0, 0.1) is 0 Å². The predicted molar refractivity (Wildman–Crippen MR) is 137 cm³/mol. The van der Waals surface area contributed by atoms with E-state index in [1.165, 1.54) is 6.08 Å². The van der Waals surface area contributed by atoms with E-state index in [4.69, 9.17) is 4.74 Å². The number of amides is 1. The lowest BCUT2D eigenvalue weighted by atomic mass is 9.95. The summed E-state index contributed by atoms with van der Waals surface area (Å²) in [7, 11) is 0. The molecule has 1 unspecified atom stereocenters. The second-order valence-corrected chi connectivity index (χ2v) is 8.18. The largest absolute Gasteiger partial charge is 0.503 e. The SMILES string of the molecule is C=CCOc1ccc(C2C(C(=O)C=Cc3ccccc3)=C(O)C(=O)N2CCc2ccccc2)cc1. The van der Waals surface area contributed by atoms with Crippen LogP contribution >= 0.6 is 0 Å². The molecule has 0 bridgehead atoms. The van der Waals surface area contributed by atoms with Gasteiger partial charge in [0.15, 0.2) is 11.5 Å². The molecule has 1 N–H and O–H groups in total. The molecule has 5 nitrogen and oxygen atoms in total. The van der Waals surface area contributed by atoms with Gasteiger partial charge in [-0.05, 0) is 41.3 Å². The molecule has 5 heteroatoms. The number of allylic oxidation sites excluding steroid dienone is 1. The van der Waals surface area contributed by atoms with Crippen molar-refractivity contribution >= 4 is 17.8 Å². The Labute approximate surface area is 205 Å². The van der Waals surface area contributed by atoms with E-state index in [9.17, 15) is 14.7 Å². The highest BCUT2D eigenvalue weighted by molar-refractivity contribution is 6.14. The summed E-state index contributed by atoms with van der Waals surface area (Å²) >= 11 is 0. The molecule has 1 aliphatic rings. The summed E-state index contributed by atoms with van der Waals surface area (Å²) in [6.07, 6.45) is 5.34. The Morgan fingerprint density at radius 3 is 2.29 bits per heavy atom. The average molecular weight is 466 g/mol. The maximum Gasteiger partial charge on any atom is 0.290 e. The van der Waals surface area contributed by atoms with Gasteiger partial charge in [-0.3, -0.25) is 9.59 Å². The molecule has 0 aliphatic carbocycles. The number of hydrogen-bond donors (Lipinski definition) is 1. The monoisotopic (exact) mass is 465 g/mol. The second-order valence-electron chi connectivity index (χ2n) is 8.18. The van der Waals surface area contributed by atoms with Crippen molar-refractivity contribution in [1.82, 2.24) is 4.90 Å². The van der Waals surface area contributed by atoms with E-state index in [1.54, 1.807) is 29.2 Å². The minimum absolute atomic E-state index is 0.0787. The quantitative estimate of drug-likeness (QED) is 0.318. The highest BCUT2D eigenvalue weighted by Crippen LogP contribution is 2.38. The van der Waals surface area contributed by atoms with Crippen LogP contribution in [0.5, 0.6) is 5.75 Å². The zero-order valence-electron chi connectivity index (χ0n) is 19.3. The van der Waals surface area contributed by atoms with Gasteiger partial charge in [0.1, 0.15) is 12.4 Å². The molecule has 0 aromatic heterocycles. The lowest BCUT2D eigenvalue weighted by molar-refractivity contribution is -0.129. The van der Waals surface area contributed by atoms with E-state index in [2.05, 4.69) is 6.58 Å². The van der Waals surface area contributed by atoms with E-state index in [-0.39, 0.29) is 5.57 Å². The van der Waals surface area contributed by atoms with Crippen molar-refractivity contribution in [1.29, 1.82) is 0 Å². The number of aliphatic hydroxyl groups excluding tert-OH is 1. The number of rotatable bonds is 10. The van der Waals surface area contributed by atoms with Crippen LogP contribution in [0.25, 0.3) is 6.08 Å². The lowest BCUT2D eigenvalue weighted by Gasteiger charge is -2.27. The first-order valence-corrected chi connectivity index (χ1v) is 11.5. The summed E-state index contributed by atoms with van der Waals surface area (Å²) < 4.78 is 5.57. The van der Waals surface area contributed by atoms with Crippen molar-refractivity contribution in [2.45, 2.75) is 12.5 Å². The van der Waals surface area contributed by atoms with Crippen molar-refractivity contribution in [3.05, 3.63) is 132 Å². The summed E-state index contributed by atoms with van der Waals surface area (Å²) in [6.45, 7) is 4.38. The number of ketones is 1. The summed E-state index contributed by atoms with van der Waals surface area (Å²) in [5.74, 6) is -0.801. The van der Waals surface area contributed by atoms with Crippen LogP contribution in [0.2, 0.25) is 0 Å². The normalized spacial score (nSPS) is 15.6. The summed E-state index contributed by atoms with van der Waals surface area (Å²) in [6, 6.07) is 25.7. The maximum absolute atomic E-state index is 13.3. The Kier molecular flexibility index (Phi) is 7.58. The second kappa shape index (κ2) is 11.2. The number of aliphatic hydroxyl groups is 1. The highest BCUT2D eigenvalue weighted by atomic mass is 16.5. The molecule has 3 aromatic rings. The van der Waals surface area contributed by atoms with Gasteiger partial charge in [-0.15, -0.1) is 0 Å². The molecule has 0 saturated heterocycles. The van der Waals surface area contributed by atoms with Gasteiger partial charge in [-0.2, -0.15) is 0 Å². The number of nitrogens with zero attached hydrogens (tertiary/aromatic N) is 1. The molecule has 35 heavy (non-hydrogen) atoms. The van der Waals surface area contributed by atoms with Crippen LogP contribution in [0.3, 0.4) is 0 Å². The van der Waals surface area contributed by atoms with Crippen molar-refractivity contribution < 1.29 is 19.4 Å². The molecule has 0 saturated carbocycles. The molecule has 0 radical (unpaired) electrons. The minimum atomic E-state index is -0.701. The van der Waals surface area contributed by atoms with Gasteiger partial charge in [-0.25, -0.2) is 0 Å². The molecule has 4 rings (SSSR count). The van der Waals surface area contributed by atoms with E-state index < -0.39 is 23.5 Å². The van der Waals surface area contributed by atoms with Crippen LogP contribution < -0.4 is 4.74 Å². The van der Waals surface area contributed by atoms with E-state index in [0.717, 1.165) is 16.7 Å². The average Bonchev–Trinajstić information content (AvgIpc) is 3.16. The van der Waals surface area contributed by atoms with Gasteiger partial charge in [-0.1, -0.05) is 91.5 Å². The molecule has 1 amide bonds. The van der Waals surface area contributed by atoms with Crippen molar-refractivity contribution in [2.75, 3.05) is 13.2 Å². The topological polar surface area (TPSA) is 66.8 Å². The van der Waals surface area contributed by atoms with Gasteiger partial charge in [0.25, 0.3) is 5.91 Å². The molecule has 1 heterocycles. The van der Waals surface area contributed by atoms with Gasteiger partial charge in [0.05, 0.1) is 11.6 Å². The third-order valence-electron chi connectivity index (χ3n) is 5.84. The zero-order chi connectivity index (χ0) is 24.6. The number of ether oxygens (including phenoxy) is 1. The number of carbonyl (C=O) groups excluding carboxylic acids is 2. The van der Waals surface area contributed by atoms with Gasteiger partial charge < -0.3 is 14.7 Å². The predicted octanol–water partition coefficient (Wildman–Crippen LogP) is 5.47. The maximum atomic E-state index is 13.3. The summed E-state index contributed by atoms with van der Waals surface area (Å²) in [4.78, 5) is 27.9. The fourth-order valence-electron chi connectivity index (χ4n) is 4.10. The Bertz CT molecular complexity index is 1240. The molecule has 1 aliphatic heterocycles. The Balaban J connectivity index is 1.65. The van der Waals surface area contributed by atoms with Crippen molar-refractivity contribution in [3.63, 3.8) is 0 Å². The third-order valence-corrected chi connectivity index (χ3v) is 5.84. The highest BCUT2D eigenvalue weighted by Gasteiger charge is 2.42. The van der Waals surface area contributed by atoms with Crippen LogP contribution in [-0.2, 0) is 16.0 Å². The smallest absolute Gasteiger partial charge is 0.290 e. The number of benzene rings is 3. The van der Waals surface area contributed by atoms with Gasteiger partial charge in [0.2, 0.25) is 0 Å². The Hall–Kier alpha value is -4.38. The van der Waals surface area contributed by atoms with Crippen LogP contribution in [0.15, 0.2) is 115 Å². The van der Waals surface area contributed by atoms with Crippen molar-refractivity contribution in [2.24, 2.45) is 0 Å². The van der Waals surface area contributed by atoms with Gasteiger partial charge >= 0.3 is 0 Å². The molecule has 0 spiro atoms. The first-order valence-electron chi connectivity index (χ1n) is 11.5. The van der Waals surface area contributed by atoms with Gasteiger partial charge in [0, 0.05) is 6.54 Å². The fourth-order valence-corrected chi connectivity index (χ4v) is 4.10. The lowest BCUT2D eigenvalue weighted by Crippen LogP contribution is -2.33. The Morgan fingerprint density at radius 1 is 0.971 bits per heavy atom. The molecule has 3 aromatic carbocycles. The minimum Gasteiger partial charge on any atom is -0.503 e. The van der Waals surface area contributed by atoms with E-state index in [1.807, 2.05) is 72.8 Å². The van der Waals surface area contributed by atoms with E-state index >= 15 is 0 Å². The number of hydrogen-bond acceptors (Lipinski definition) is 4. The van der Waals surface area contributed by atoms with Crippen LogP contribution in [-0.4, -0.2) is 34.8 Å². The number of carbonyl (C=O) groups is 2. The molecule has 0 fully saturated rings.